The van der Waals surface area contributed by atoms with Crippen molar-refractivity contribution in [2.24, 2.45) is 0 Å². The van der Waals surface area contributed by atoms with Crippen LogP contribution in [0.4, 0.5) is 11.4 Å². The van der Waals surface area contributed by atoms with Crippen LogP contribution in [0.2, 0.25) is 5.02 Å². The highest BCUT2D eigenvalue weighted by molar-refractivity contribution is 7.92. The van der Waals surface area contributed by atoms with Crippen LogP contribution >= 0.6 is 11.6 Å². The number of benzene rings is 3. The zero-order valence-electron chi connectivity index (χ0n) is 22.0. The Kier molecular flexibility index (Phi) is 8.38. The third-order valence-electron chi connectivity index (χ3n) is 6.52. The van der Waals surface area contributed by atoms with Crippen LogP contribution in [0, 0.1) is 13.8 Å². The number of methoxy groups -OCH3 is 2. The number of carbonyl (C=O) groups is 1. The van der Waals surface area contributed by atoms with Gasteiger partial charge in [0, 0.05) is 43.0 Å². The van der Waals surface area contributed by atoms with Crippen molar-refractivity contribution in [1.29, 1.82) is 0 Å². The molecule has 0 atom stereocenters. The van der Waals surface area contributed by atoms with E-state index < -0.39 is 10.0 Å². The van der Waals surface area contributed by atoms with Crippen LogP contribution in [0.3, 0.4) is 0 Å². The summed E-state index contributed by atoms with van der Waals surface area (Å²) in [7, 11) is -1.18. The second-order valence-corrected chi connectivity index (χ2v) is 11.5. The van der Waals surface area contributed by atoms with Crippen molar-refractivity contribution in [3.8, 4) is 11.5 Å². The predicted octanol–water partition coefficient (Wildman–Crippen LogP) is 4.52. The van der Waals surface area contributed by atoms with Crippen LogP contribution in [-0.2, 0) is 14.8 Å². The maximum Gasteiger partial charge on any atom is 0.264 e. The summed E-state index contributed by atoms with van der Waals surface area (Å²) < 4.78 is 39.7. The first-order chi connectivity index (χ1) is 18.1. The Morgan fingerprint density at radius 1 is 0.895 bits per heavy atom. The van der Waals surface area contributed by atoms with Crippen molar-refractivity contribution in [3.05, 3.63) is 76.8 Å². The number of piperazine rings is 1. The van der Waals surface area contributed by atoms with Gasteiger partial charge in [0.1, 0.15) is 6.54 Å². The van der Waals surface area contributed by atoms with Crippen molar-refractivity contribution in [2.75, 3.05) is 56.1 Å². The molecule has 38 heavy (non-hydrogen) atoms. The molecule has 0 saturated carbocycles. The summed E-state index contributed by atoms with van der Waals surface area (Å²) in [4.78, 5) is 17.4. The summed E-state index contributed by atoms with van der Waals surface area (Å²) in [5, 5.41) is 0.658. The lowest BCUT2D eigenvalue weighted by Gasteiger charge is -2.37. The Morgan fingerprint density at radius 3 is 2.16 bits per heavy atom. The van der Waals surface area contributed by atoms with Crippen LogP contribution in [-0.4, -0.2) is 66.2 Å². The van der Waals surface area contributed by atoms with Gasteiger partial charge in [0.2, 0.25) is 5.91 Å². The number of hydrogen-bond acceptors (Lipinski definition) is 6. The molecule has 3 aromatic carbocycles. The summed E-state index contributed by atoms with van der Waals surface area (Å²) in [6, 6.07) is 17.5. The van der Waals surface area contributed by atoms with E-state index in [0.717, 1.165) is 16.8 Å². The second-order valence-electron chi connectivity index (χ2n) is 9.22. The third-order valence-corrected chi connectivity index (χ3v) is 8.53. The van der Waals surface area contributed by atoms with E-state index in [4.69, 9.17) is 21.1 Å². The second kappa shape index (κ2) is 11.5. The number of ether oxygens (including phenoxy) is 2. The maximum absolute atomic E-state index is 13.9. The Balaban J connectivity index is 1.60. The molecule has 10 heteroatoms. The number of anilines is 2. The van der Waals surface area contributed by atoms with Gasteiger partial charge in [-0.1, -0.05) is 23.7 Å². The molecule has 0 aromatic heterocycles. The van der Waals surface area contributed by atoms with Gasteiger partial charge in [0.15, 0.2) is 11.5 Å². The SMILES string of the molecule is COc1ccc(S(=O)(=O)N(CC(=O)N2CCN(c3cccc(Cl)c3)CC2)c2cc(C)cc(C)c2)cc1OC. The van der Waals surface area contributed by atoms with Gasteiger partial charge in [0.05, 0.1) is 24.8 Å². The molecule has 202 valence electrons. The van der Waals surface area contributed by atoms with Gasteiger partial charge in [-0.25, -0.2) is 8.42 Å². The molecule has 1 amide bonds. The average molecular weight is 558 g/mol. The molecule has 0 radical (unpaired) electrons. The minimum absolute atomic E-state index is 0.00730. The molecule has 1 heterocycles. The summed E-state index contributed by atoms with van der Waals surface area (Å²) in [6.45, 7) is 5.67. The number of sulfonamides is 1. The first-order valence-corrected chi connectivity index (χ1v) is 14.1. The molecule has 0 spiro atoms. The number of carbonyl (C=O) groups excluding carboxylic acids is 1. The molecule has 8 nitrogen and oxygen atoms in total. The number of aryl methyl sites for hydroxylation is 2. The van der Waals surface area contributed by atoms with E-state index in [1.807, 2.05) is 44.2 Å². The fraction of sp³-hybridized carbons (Fsp3) is 0.321. The quantitative estimate of drug-likeness (QED) is 0.405. The molecule has 1 saturated heterocycles. The molecule has 0 aliphatic carbocycles. The lowest BCUT2D eigenvalue weighted by atomic mass is 10.1. The van der Waals surface area contributed by atoms with E-state index >= 15 is 0 Å². The van der Waals surface area contributed by atoms with Gasteiger partial charge in [-0.3, -0.25) is 9.10 Å². The highest BCUT2D eigenvalue weighted by Gasteiger charge is 2.31. The largest absolute Gasteiger partial charge is 0.493 e. The molecule has 1 fully saturated rings. The van der Waals surface area contributed by atoms with Crippen molar-refractivity contribution < 1.29 is 22.7 Å². The molecule has 0 unspecified atom stereocenters. The monoisotopic (exact) mass is 557 g/mol. The van der Waals surface area contributed by atoms with Gasteiger partial charge in [-0.05, 0) is 67.4 Å². The first-order valence-electron chi connectivity index (χ1n) is 12.2. The maximum atomic E-state index is 13.9. The van der Waals surface area contributed by atoms with Crippen molar-refractivity contribution in [3.63, 3.8) is 0 Å². The van der Waals surface area contributed by atoms with Crippen molar-refractivity contribution in [1.82, 2.24) is 4.90 Å². The number of rotatable bonds is 8. The molecule has 0 bridgehead atoms. The normalized spacial score (nSPS) is 13.8. The zero-order chi connectivity index (χ0) is 27.4. The van der Waals surface area contributed by atoms with E-state index in [1.165, 1.54) is 30.7 Å². The fourth-order valence-corrected chi connectivity index (χ4v) is 6.22. The lowest BCUT2D eigenvalue weighted by molar-refractivity contribution is -0.129. The van der Waals surface area contributed by atoms with Gasteiger partial charge >= 0.3 is 0 Å². The van der Waals surface area contributed by atoms with E-state index in [0.29, 0.717) is 42.6 Å². The van der Waals surface area contributed by atoms with Gasteiger partial charge < -0.3 is 19.3 Å². The highest BCUT2D eigenvalue weighted by atomic mass is 35.5. The summed E-state index contributed by atoms with van der Waals surface area (Å²) >= 11 is 6.14. The minimum atomic E-state index is -4.11. The number of amides is 1. The van der Waals surface area contributed by atoms with Crippen LogP contribution in [0.1, 0.15) is 11.1 Å². The molecule has 1 aliphatic heterocycles. The summed E-state index contributed by atoms with van der Waals surface area (Å²) in [6.07, 6.45) is 0. The zero-order valence-corrected chi connectivity index (χ0v) is 23.6. The van der Waals surface area contributed by atoms with Crippen molar-refractivity contribution >= 4 is 38.9 Å². The van der Waals surface area contributed by atoms with Gasteiger partial charge in [0.25, 0.3) is 10.0 Å². The van der Waals surface area contributed by atoms with Crippen LogP contribution in [0.15, 0.2) is 65.6 Å². The van der Waals surface area contributed by atoms with Gasteiger partial charge in [-0.15, -0.1) is 0 Å². The van der Waals surface area contributed by atoms with E-state index in [-0.39, 0.29) is 23.1 Å². The Hall–Kier alpha value is -3.43. The topological polar surface area (TPSA) is 79.4 Å². The summed E-state index contributed by atoms with van der Waals surface area (Å²) in [5.74, 6) is 0.439. The molecule has 0 N–H and O–H groups in total. The van der Waals surface area contributed by atoms with Crippen molar-refractivity contribution in [2.45, 2.75) is 18.7 Å². The Morgan fingerprint density at radius 2 is 1.55 bits per heavy atom. The predicted molar refractivity (Wildman–Crippen MR) is 150 cm³/mol. The van der Waals surface area contributed by atoms with E-state index in [1.54, 1.807) is 23.1 Å². The minimum Gasteiger partial charge on any atom is -0.493 e. The Bertz CT molecular complexity index is 1400. The molecule has 3 aromatic rings. The first kappa shape index (κ1) is 27.6. The summed E-state index contributed by atoms with van der Waals surface area (Å²) in [5.41, 5.74) is 3.23. The molecule has 1 aliphatic rings. The van der Waals surface area contributed by atoms with Crippen LogP contribution in [0.25, 0.3) is 0 Å². The average Bonchev–Trinajstić information content (AvgIpc) is 2.90. The fourth-order valence-electron chi connectivity index (χ4n) is 4.62. The molecular weight excluding hydrogens is 526 g/mol. The van der Waals surface area contributed by atoms with Crippen LogP contribution in [0.5, 0.6) is 11.5 Å². The van der Waals surface area contributed by atoms with Gasteiger partial charge in [-0.2, -0.15) is 0 Å². The van der Waals surface area contributed by atoms with E-state index in [9.17, 15) is 13.2 Å². The van der Waals surface area contributed by atoms with E-state index in [2.05, 4.69) is 4.90 Å². The smallest absolute Gasteiger partial charge is 0.264 e. The van der Waals surface area contributed by atoms with Crippen LogP contribution < -0.4 is 18.7 Å². The highest BCUT2D eigenvalue weighted by Crippen LogP contribution is 2.33. The Labute approximate surface area is 229 Å². The molecule has 4 rings (SSSR count). The standard InChI is InChI=1S/C28H32ClN3O5S/c1-20-14-21(2)16-24(15-20)32(38(34,35)25-8-9-26(36-3)27(18-25)37-4)19-28(33)31-12-10-30(11-13-31)23-7-5-6-22(29)17-23/h5-9,14-18H,10-13,19H2,1-4H3. The molecular formula is C28H32ClN3O5S. The number of nitrogens with zero attached hydrogens (tertiary/aromatic N) is 3. The third kappa shape index (κ3) is 6.00. The number of halogens is 1. The number of hydrogen-bond donors (Lipinski definition) is 0. The lowest BCUT2D eigenvalue weighted by Crippen LogP contribution is -2.52.